The Morgan fingerprint density at radius 3 is 1.74 bits per heavy atom. The largest absolute Gasteiger partial charge is 0.404 e. The van der Waals surface area contributed by atoms with E-state index < -0.39 is 8.32 Å². The van der Waals surface area contributed by atoms with Crippen LogP contribution in [0.25, 0.3) is 0 Å². The van der Waals surface area contributed by atoms with Crippen LogP contribution in [-0.4, -0.2) is 26.3 Å². The Kier molecular flexibility index (Phi) is 8.27. The van der Waals surface area contributed by atoms with Crippen molar-refractivity contribution in [2.24, 2.45) is 0 Å². The molecule has 4 aromatic carbocycles. The van der Waals surface area contributed by atoms with Crippen LogP contribution in [0.1, 0.15) is 62.1 Å². The van der Waals surface area contributed by atoms with Gasteiger partial charge in [0, 0.05) is 18.4 Å². The zero-order valence-electron chi connectivity index (χ0n) is 23.1. The molecule has 0 radical (unpaired) electrons. The highest BCUT2D eigenvalue weighted by Crippen LogP contribution is 2.41. The van der Waals surface area contributed by atoms with Crippen LogP contribution in [-0.2, 0) is 9.16 Å². The van der Waals surface area contributed by atoms with Crippen molar-refractivity contribution in [2.75, 3.05) is 0 Å². The van der Waals surface area contributed by atoms with Gasteiger partial charge in [0.1, 0.15) is 0 Å². The lowest BCUT2D eigenvalue weighted by atomic mass is 9.93. The van der Waals surface area contributed by atoms with Crippen molar-refractivity contribution in [3.05, 3.63) is 132 Å². The van der Waals surface area contributed by atoms with Gasteiger partial charge in [-0.25, -0.2) is 0 Å². The van der Waals surface area contributed by atoms with Gasteiger partial charge in [0.15, 0.2) is 5.78 Å². The highest BCUT2D eigenvalue weighted by atomic mass is 28.4. The third kappa shape index (κ3) is 5.99. The van der Waals surface area contributed by atoms with Gasteiger partial charge >= 0.3 is 0 Å². The van der Waals surface area contributed by atoms with E-state index in [-0.39, 0.29) is 29.1 Å². The monoisotopic (exact) mass is 534 g/mol. The second-order valence-corrected chi connectivity index (χ2v) is 15.8. The van der Waals surface area contributed by atoms with Crippen molar-refractivity contribution in [1.29, 1.82) is 0 Å². The first-order chi connectivity index (χ1) is 18.9. The molecule has 0 spiro atoms. The van der Waals surface area contributed by atoms with Gasteiger partial charge in [0.25, 0.3) is 8.32 Å². The molecule has 4 aromatic rings. The molecule has 0 bridgehead atoms. The number of benzene rings is 4. The van der Waals surface area contributed by atoms with Gasteiger partial charge in [-0.2, -0.15) is 0 Å². The first-order valence-corrected chi connectivity index (χ1v) is 15.8. The average Bonchev–Trinajstić information content (AvgIpc) is 2.97. The average molecular weight is 535 g/mol. The van der Waals surface area contributed by atoms with E-state index in [1.54, 1.807) is 0 Å². The van der Waals surface area contributed by atoms with Gasteiger partial charge in [-0.3, -0.25) is 4.79 Å². The smallest absolute Gasteiger partial charge is 0.261 e. The molecule has 0 unspecified atom stereocenters. The molecule has 0 aromatic heterocycles. The minimum atomic E-state index is -2.74. The lowest BCUT2D eigenvalue weighted by Gasteiger charge is -2.47. The summed E-state index contributed by atoms with van der Waals surface area (Å²) in [5.41, 5.74) is 1.86. The topological polar surface area (TPSA) is 35.5 Å². The molecular weight excluding hydrogens is 496 g/mol. The summed E-state index contributed by atoms with van der Waals surface area (Å²) >= 11 is 0. The maximum absolute atomic E-state index is 13.2. The second kappa shape index (κ2) is 11.8. The molecule has 3 atom stereocenters. The number of hydrogen-bond donors (Lipinski definition) is 0. The Labute approximate surface area is 234 Å². The Balaban J connectivity index is 1.52. The molecular formula is C35H38O3Si. The summed E-state index contributed by atoms with van der Waals surface area (Å²) in [5.74, 6) is 0.110. The van der Waals surface area contributed by atoms with E-state index in [9.17, 15) is 4.79 Å². The number of Topliss-reactive ketones (excluding diaryl/α,β-unsaturated/α-hetero) is 1. The highest BCUT2D eigenvalue weighted by molar-refractivity contribution is 6.99. The van der Waals surface area contributed by atoms with Crippen LogP contribution in [0.2, 0.25) is 5.04 Å². The number of ketones is 1. The van der Waals surface area contributed by atoms with Crippen molar-refractivity contribution in [3.8, 4) is 0 Å². The molecule has 3 nitrogen and oxygen atoms in total. The summed E-state index contributed by atoms with van der Waals surface area (Å²) < 4.78 is 14.2. The van der Waals surface area contributed by atoms with Crippen LogP contribution in [0.5, 0.6) is 0 Å². The lowest BCUT2D eigenvalue weighted by molar-refractivity contribution is -0.0919. The van der Waals surface area contributed by atoms with E-state index in [2.05, 4.69) is 106 Å². The number of ether oxygens (including phenoxy) is 1. The standard InChI is InChI=1S/C35H38O3Si/c1-35(2,3)39(31-20-12-6-13-21-31,32-22-14-7-15-23-32)38-30-24-29(25-33(36)27-16-8-4-9-17-27)37-34(26-30)28-18-10-5-11-19-28/h4-23,29-30,34H,24-26H2,1-3H3/t29-,30-,34-/m0/s1. The van der Waals surface area contributed by atoms with Gasteiger partial charge in [-0.1, -0.05) is 142 Å². The fraction of sp³-hybridized carbons (Fsp3) is 0.286. The fourth-order valence-electron chi connectivity index (χ4n) is 5.97. The predicted octanol–water partition coefficient (Wildman–Crippen LogP) is 7.12. The van der Waals surface area contributed by atoms with E-state index in [4.69, 9.17) is 9.16 Å². The highest BCUT2D eigenvalue weighted by Gasteiger charge is 2.52. The Bertz CT molecular complexity index is 1300. The molecule has 0 N–H and O–H groups in total. The minimum Gasteiger partial charge on any atom is -0.404 e. The fourth-order valence-corrected chi connectivity index (χ4v) is 10.7. The quantitative estimate of drug-likeness (QED) is 0.178. The molecule has 5 rings (SSSR count). The van der Waals surface area contributed by atoms with E-state index in [1.165, 1.54) is 10.4 Å². The van der Waals surface area contributed by atoms with Crippen molar-refractivity contribution in [1.82, 2.24) is 0 Å². The SMILES string of the molecule is CC(C)(C)[Si](O[C@H]1C[C@@H](CC(=O)c2ccccc2)O[C@H](c2ccccc2)C1)(c1ccccc1)c1ccccc1. The van der Waals surface area contributed by atoms with Crippen molar-refractivity contribution in [2.45, 2.75) is 63.4 Å². The summed E-state index contributed by atoms with van der Waals surface area (Å²) in [7, 11) is -2.74. The first kappa shape index (κ1) is 27.3. The van der Waals surface area contributed by atoms with E-state index in [1.807, 2.05) is 36.4 Å². The number of carbonyl (C=O) groups is 1. The van der Waals surface area contributed by atoms with E-state index >= 15 is 0 Å². The molecule has 1 aliphatic heterocycles. The molecule has 0 amide bonds. The number of carbonyl (C=O) groups excluding carboxylic acids is 1. The van der Waals surface area contributed by atoms with Crippen molar-refractivity contribution in [3.63, 3.8) is 0 Å². The normalized spacial score (nSPS) is 19.9. The molecule has 1 heterocycles. The summed E-state index contributed by atoms with van der Waals surface area (Å²) in [6, 6.07) is 41.4. The van der Waals surface area contributed by atoms with Crippen molar-refractivity contribution >= 4 is 24.5 Å². The van der Waals surface area contributed by atoms with Crippen LogP contribution in [0.4, 0.5) is 0 Å². The zero-order valence-corrected chi connectivity index (χ0v) is 24.1. The third-order valence-corrected chi connectivity index (χ3v) is 12.9. The molecule has 1 fully saturated rings. The van der Waals surface area contributed by atoms with Gasteiger partial charge in [0.05, 0.1) is 18.3 Å². The zero-order chi connectivity index (χ0) is 27.3. The number of hydrogen-bond acceptors (Lipinski definition) is 3. The van der Waals surface area contributed by atoms with Crippen LogP contribution in [0.15, 0.2) is 121 Å². The third-order valence-electron chi connectivity index (χ3n) is 7.80. The van der Waals surface area contributed by atoms with Gasteiger partial charge in [0.2, 0.25) is 0 Å². The van der Waals surface area contributed by atoms with Crippen LogP contribution < -0.4 is 10.4 Å². The first-order valence-electron chi connectivity index (χ1n) is 13.9. The summed E-state index contributed by atoms with van der Waals surface area (Å²) in [6.07, 6.45) is 1.38. The second-order valence-electron chi connectivity index (χ2n) is 11.5. The molecule has 0 saturated carbocycles. The molecule has 4 heteroatoms. The van der Waals surface area contributed by atoms with Gasteiger partial charge in [-0.05, 0) is 27.4 Å². The van der Waals surface area contributed by atoms with Gasteiger partial charge < -0.3 is 9.16 Å². The summed E-state index contributed by atoms with van der Waals surface area (Å²) in [4.78, 5) is 13.2. The minimum absolute atomic E-state index is 0.0520. The molecule has 1 aliphatic rings. The molecule has 0 aliphatic carbocycles. The lowest BCUT2D eigenvalue weighted by Crippen LogP contribution is -2.68. The van der Waals surface area contributed by atoms with Gasteiger partial charge in [-0.15, -0.1) is 0 Å². The molecule has 200 valence electrons. The van der Waals surface area contributed by atoms with Crippen LogP contribution >= 0.6 is 0 Å². The van der Waals surface area contributed by atoms with Crippen LogP contribution in [0, 0.1) is 0 Å². The van der Waals surface area contributed by atoms with E-state index in [0.29, 0.717) is 12.8 Å². The predicted molar refractivity (Wildman–Crippen MR) is 161 cm³/mol. The molecule has 39 heavy (non-hydrogen) atoms. The summed E-state index contributed by atoms with van der Waals surface area (Å²) in [5, 5.41) is 2.41. The maximum Gasteiger partial charge on any atom is 0.261 e. The van der Waals surface area contributed by atoms with Crippen molar-refractivity contribution < 1.29 is 14.0 Å². The Hall–Kier alpha value is -3.31. The Morgan fingerprint density at radius 1 is 0.744 bits per heavy atom. The summed E-state index contributed by atoms with van der Waals surface area (Å²) in [6.45, 7) is 6.93. The number of rotatable bonds is 8. The van der Waals surface area contributed by atoms with Crippen LogP contribution in [0.3, 0.4) is 0 Å². The Morgan fingerprint density at radius 2 is 1.23 bits per heavy atom. The van der Waals surface area contributed by atoms with E-state index in [0.717, 1.165) is 17.5 Å². The maximum atomic E-state index is 13.2. The molecule has 1 saturated heterocycles.